The van der Waals surface area contributed by atoms with Gasteiger partial charge in [-0.25, -0.2) is 9.78 Å². The minimum Gasteiger partial charge on any atom is -0.444 e. The van der Waals surface area contributed by atoms with Crippen molar-refractivity contribution in [2.45, 2.75) is 65.3 Å². The van der Waals surface area contributed by atoms with Gasteiger partial charge in [0.25, 0.3) is 0 Å². The van der Waals surface area contributed by atoms with E-state index < -0.39 is 17.2 Å². The van der Waals surface area contributed by atoms with Crippen LogP contribution < -0.4 is 20.9 Å². The maximum atomic E-state index is 12.0. The van der Waals surface area contributed by atoms with Crippen molar-refractivity contribution in [3.63, 3.8) is 0 Å². The van der Waals surface area contributed by atoms with Crippen molar-refractivity contribution in [2.24, 2.45) is 4.99 Å². The number of hydrogen-bond acceptors (Lipinski definition) is 6. The van der Waals surface area contributed by atoms with E-state index in [1.165, 1.54) is 0 Å². The number of aromatic nitrogens is 1. The number of alkyl carbamates (subject to hydrolysis) is 1. The van der Waals surface area contributed by atoms with Gasteiger partial charge in [-0.3, -0.25) is 4.99 Å². The lowest BCUT2D eigenvalue weighted by Gasteiger charge is -2.32. The van der Waals surface area contributed by atoms with Gasteiger partial charge in [-0.05, 0) is 53.2 Å². The van der Waals surface area contributed by atoms with Crippen molar-refractivity contribution < 1.29 is 14.3 Å². The SMILES string of the molecule is CN=C(NCc1ccc(N2CCOC(C)C2)nc1)NCC(C)(C)NC(=O)OC(C)(C)C.I. The molecule has 0 aromatic carbocycles. The van der Waals surface area contributed by atoms with Crippen LogP contribution in [0.2, 0.25) is 0 Å². The number of amides is 1. The van der Waals surface area contributed by atoms with E-state index in [0.717, 1.165) is 31.1 Å². The number of pyridine rings is 1. The summed E-state index contributed by atoms with van der Waals surface area (Å²) in [7, 11) is 1.71. The predicted octanol–water partition coefficient (Wildman–Crippen LogP) is 2.89. The highest BCUT2D eigenvalue weighted by molar-refractivity contribution is 14.0. The van der Waals surface area contributed by atoms with Gasteiger partial charge in [-0.2, -0.15) is 0 Å². The molecule has 0 saturated carbocycles. The summed E-state index contributed by atoms with van der Waals surface area (Å²) in [6, 6.07) is 4.11. The number of morpholine rings is 1. The van der Waals surface area contributed by atoms with E-state index in [0.29, 0.717) is 19.0 Å². The zero-order valence-corrected chi connectivity index (χ0v) is 22.6. The molecular formula is C22H39IN6O3. The van der Waals surface area contributed by atoms with Crippen LogP contribution in [0.3, 0.4) is 0 Å². The average molecular weight is 562 g/mol. The highest BCUT2D eigenvalue weighted by Gasteiger charge is 2.24. The van der Waals surface area contributed by atoms with Crippen molar-refractivity contribution in [3.8, 4) is 0 Å². The van der Waals surface area contributed by atoms with Crippen molar-refractivity contribution in [1.29, 1.82) is 0 Å². The maximum Gasteiger partial charge on any atom is 0.408 e. The summed E-state index contributed by atoms with van der Waals surface area (Å²) in [5, 5.41) is 9.40. The van der Waals surface area contributed by atoms with E-state index in [-0.39, 0.29) is 30.1 Å². The van der Waals surface area contributed by atoms with Gasteiger partial charge in [0, 0.05) is 39.4 Å². The van der Waals surface area contributed by atoms with Gasteiger partial charge in [0.1, 0.15) is 11.4 Å². The third kappa shape index (κ3) is 10.2. The first-order valence-corrected chi connectivity index (χ1v) is 10.7. The summed E-state index contributed by atoms with van der Waals surface area (Å²) >= 11 is 0. The number of nitrogens with zero attached hydrogens (tertiary/aromatic N) is 3. The third-order valence-electron chi connectivity index (χ3n) is 4.59. The maximum absolute atomic E-state index is 12.0. The number of guanidine groups is 1. The van der Waals surface area contributed by atoms with Crippen LogP contribution in [0.25, 0.3) is 0 Å². The second kappa shape index (κ2) is 12.4. The van der Waals surface area contributed by atoms with Crippen LogP contribution in [0, 0.1) is 0 Å². The molecule has 0 aliphatic carbocycles. The molecule has 2 rings (SSSR count). The monoisotopic (exact) mass is 562 g/mol. The first kappa shape index (κ1) is 28.2. The summed E-state index contributed by atoms with van der Waals surface area (Å²) in [5.41, 5.74) is 0.00640. The first-order chi connectivity index (χ1) is 14.5. The molecule has 32 heavy (non-hydrogen) atoms. The molecule has 2 heterocycles. The molecule has 0 bridgehead atoms. The summed E-state index contributed by atoms with van der Waals surface area (Å²) in [6.45, 7) is 15.0. The predicted molar refractivity (Wildman–Crippen MR) is 139 cm³/mol. The molecule has 0 radical (unpaired) electrons. The van der Waals surface area contributed by atoms with Crippen molar-refractivity contribution in [3.05, 3.63) is 23.9 Å². The summed E-state index contributed by atoms with van der Waals surface area (Å²) < 4.78 is 10.9. The van der Waals surface area contributed by atoms with Gasteiger partial charge < -0.3 is 30.3 Å². The van der Waals surface area contributed by atoms with E-state index in [2.05, 4.69) is 43.8 Å². The molecule has 10 heteroatoms. The molecule has 1 amide bonds. The highest BCUT2D eigenvalue weighted by atomic mass is 127. The molecule has 182 valence electrons. The van der Waals surface area contributed by atoms with Crippen LogP contribution in [0.5, 0.6) is 0 Å². The van der Waals surface area contributed by atoms with Crippen LogP contribution in [0.15, 0.2) is 23.3 Å². The molecule has 3 N–H and O–H groups in total. The Morgan fingerprint density at radius 2 is 2.00 bits per heavy atom. The molecule has 1 aromatic rings. The standard InChI is InChI=1S/C22H38N6O3.HI/c1-16-14-28(10-11-30-16)18-9-8-17(12-24-18)13-25-19(23-7)26-15-22(5,6)27-20(29)31-21(2,3)4;/h8-9,12,16H,10-11,13-15H2,1-7H3,(H,27,29)(H2,23,25,26);1H. The second-order valence-electron chi connectivity index (χ2n) is 9.44. The Hall–Kier alpha value is -1.82. The fourth-order valence-electron chi connectivity index (χ4n) is 3.07. The molecule has 1 atom stereocenters. The van der Waals surface area contributed by atoms with Gasteiger partial charge in [-0.1, -0.05) is 6.07 Å². The molecule has 1 saturated heterocycles. The zero-order chi connectivity index (χ0) is 23.1. The fourth-order valence-corrected chi connectivity index (χ4v) is 3.07. The molecule has 1 fully saturated rings. The topological polar surface area (TPSA) is 100 Å². The van der Waals surface area contributed by atoms with Crippen LogP contribution in [-0.4, -0.2) is 67.6 Å². The van der Waals surface area contributed by atoms with Gasteiger partial charge >= 0.3 is 6.09 Å². The van der Waals surface area contributed by atoms with E-state index in [1.807, 2.05) is 46.9 Å². The van der Waals surface area contributed by atoms with E-state index in [4.69, 9.17) is 9.47 Å². The zero-order valence-electron chi connectivity index (χ0n) is 20.3. The number of anilines is 1. The van der Waals surface area contributed by atoms with Crippen molar-refractivity contribution >= 4 is 41.8 Å². The number of carbonyl (C=O) groups is 1. The molecule has 1 unspecified atom stereocenters. The summed E-state index contributed by atoms with van der Waals surface area (Å²) in [5.74, 6) is 1.61. The number of nitrogens with one attached hydrogen (secondary N) is 3. The molecule has 1 aliphatic rings. The first-order valence-electron chi connectivity index (χ1n) is 10.7. The van der Waals surface area contributed by atoms with Gasteiger partial charge in [0.2, 0.25) is 0 Å². The Labute approximate surface area is 209 Å². The number of aliphatic imine (C=N–C) groups is 1. The van der Waals surface area contributed by atoms with Gasteiger partial charge in [0.15, 0.2) is 5.96 Å². The van der Waals surface area contributed by atoms with E-state index in [1.54, 1.807) is 7.05 Å². The second-order valence-corrected chi connectivity index (χ2v) is 9.44. The van der Waals surface area contributed by atoms with Crippen LogP contribution in [0.4, 0.5) is 10.6 Å². The van der Waals surface area contributed by atoms with Crippen molar-refractivity contribution in [1.82, 2.24) is 20.9 Å². The Kier molecular flexibility index (Phi) is 11.0. The smallest absolute Gasteiger partial charge is 0.408 e. The van der Waals surface area contributed by atoms with Gasteiger partial charge in [0.05, 0.1) is 18.2 Å². The Bertz CT molecular complexity index is 749. The van der Waals surface area contributed by atoms with E-state index >= 15 is 0 Å². The summed E-state index contributed by atoms with van der Waals surface area (Å²) in [4.78, 5) is 23.1. The molecule has 0 spiro atoms. The van der Waals surface area contributed by atoms with Gasteiger partial charge in [-0.15, -0.1) is 24.0 Å². The lowest BCUT2D eigenvalue weighted by molar-refractivity contribution is 0.0473. The number of carbonyl (C=O) groups excluding carboxylic acids is 1. The highest BCUT2D eigenvalue weighted by Crippen LogP contribution is 2.15. The normalized spacial score (nSPS) is 17.3. The largest absolute Gasteiger partial charge is 0.444 e. The minimum absolute atomic E-state index is 0. The van der Waals surface area contributed by atoms with Crippen molar-refractivity contribution in [2.75, 3.05) is 38.2 Å². The molecule has 1 aliphatic heterocycles. The molecule has 1 aromatic heterocycles. The number of hydrogen-bond donors (Lipinski definition) is 3. The number of halogens is 1. The lowest BCUT2D eigenvalue weighted by atomic mass is 10.1. The summed E-state index contributed by atoms with van der Waals surface area (Å²) in [6.07, 6.45) is 1.66. The lowest BCUT2D eigenvalue weighted by Crippen LogP contribution is -2.54. The Balaban J connectivity index is 0.00000512. The fraction of sp³-hybridized carbons (Fsp3) is 0.682. The van der Waals surface area contributed by atoms with Crippen LogP contribution in [0.1, 0.15) is 47.1 Å². The van der Waals surface area contributed by atoms with E-state index in [9.17, 15) is 4.79 Å². The Morgan fingerprint density at radius 3 is 2.56 bits per heavy atom. The minimum atomic E-state index is -0.533. The van der Waals surface area contributed by atoms with Crippen LogP contribution >= 0.6 is 24.0 Å². The number of ether oxygens (including phenoxy) is 2. The third-order valence-corrected chi connectivity index (χ3v) is 4.59. The molecule has 9 nitrogen and oxygen atoms in total. The van der Waals surface area contributed by atoms with Crippen LogP contribution in [-0.2, 0) is 16.0 Å². The Morgan fingerprint density at radius 1 is 1.28 bits per heavy atom. The number of rotatable bonds is 6. The molecular weight excluding hydrogens is 523 g/mol. The quantitative estimate of drug-likeness (QED) is 0.279. The average Bonchev–Trinajstić information content (AvgIpc) is 2.66.